The Balaban J connectivity index is 1.97. The molecule has 1 aliphatic heterocycles. The number of carboxylic acids is 1. The third-order valence-corrected chi connectivity index (χ3v) is 3.90. The van der Waals surface area contributed by atoms with Crippen LogP contribution in [-0.2, 0) is 14.3 Å². The molecule has 1 aliphatic rings. The lowest BCUT2D eigenvalue weighted by Crippen LogP contribution is -2.48. The lowest BCUT2D eigenvalue weighted by Gasteiger charge is -2.31. The average Bonchev–Trinajstić information content (AvgIpc) is 2.43. The van der Waals surface area contributed by atoms with E-state index >= 15 is 0 Å². The van der Waals surface area contributed by atoms with Gasteiger partial charge in [-0.3, -0.25) is 9.59 Å². The summed E-state index contributed by atoms with van der Waals surface area (Å²) in [6.45, 7) is 0.370. The first kappa shape index (κ1) is 15.0. The van der Waals surface area contributed by atoms with E-state index in [4.69, 9.17) is 9.47 Å². The molecule has 0 amide bonds. The van der Waals surface area contributed by atoms with Crippen LogP contribution in [-0.4, -0.2) is 36.7 Å². The van der Waals surface area contributed by atoms with E-state index < -0.39 is 11.4 Å². The average molecular weight is 343 g/mol. The van der Waals surface area contributed by atoms with Gasteiger partial charge in [0.15, 0.2) is 11.2 Å². The van der Waals surface area contributed by atoms with Gasteiger partial charge in [0.2, 0.25) is 0 Å². The van der Waals surface area contributed by atoms with Gasteiger partial charge in [0.25, 0.3) is 0 Å². The number of carbonyl (C=O) groups is 2. The molecule has 5 nitrogen and oxygen atoms in total. The number of ketones is 1. The van der Waals surface area contributed by atoms with E-state index in [-0.39, 0.29) is 31.8 Å². The highest BCUT2D eigenvalue weighted by atomic mass is 79.9. The normalized spacial score (nSPS) is 22.6. The van der Waals surface area contributed by atoms with Gasteiger partial charge in [-0.1, -0.05) is 15.9 Å². The predicted octanol–water partition coefficient (Wildman–Crippen LogP) is 2.28. The van der Waals surface area contributed by atoms with Gasteiger partial charge in [-0.15, -0.1) is 0 Å². The van der Waals surface area contributed by atoms with Crippen LogP contribution in [0.1, 0.15) is 12.8 Å². The van der Waals surface area contributed by atoms with Crippen molar-refractivity contribution in [3.05, 3.63) is 28.7 Å². The Morgan fingerprint density at radius 2 is 2.10 bits per heavy atom. The molecule has 1 heterocycles. The first-order valence-corrected chi connectivity index (χ1v) is 7.07. The Labute approximate surface area is 125 Å². The molecule has 2 rings (SSSR count). The van der Waals surface area contributed by atoms with Crippen LogP contribution in [0.3, 0.4) is 0 Å². The largest absolute Gasteiger partial charge is 0.494 e. The molecule has 0 radical (unpaired) electrons. The molecule has 6 heteroatoms. The smallest absolute Gasteiger partial charge is 0.319 e. The van der Waals surface area contributed by atoms with E-state index in [2.05, 4.69) is 15.9 Å². The monoisotopic (exact) mass is 342 g/mol. The molecule has 0 aliphatic carbocycles. The summed E-state index contributed by atoms with van der Waals surface area (Å²) >= 11 is 3.32. The number of halogens is 1. The number of benzene rings is 1. The lowest BCUT2D eigenvalue weighted by atomic mass is 9.78. The number of carbonyl (C=O) groups excluding carboxylic acids is 1. The van der Waals surface area contributed by atoms with Crippen molar-refractivity contribution in [2.24, 2.45) is 5.41 Å². The van der Waals surface area contributed by atoms with Gasteiger partial charge in [-0.05, 0) is 24.3 Å². The van der Waals surface area contributed by atoms with E-state index in [1.807, 2.05) is 12.1 Å². The molecular weight excluding hydrogens is 328 g/mol. The first-order valence-electron chi connectivity index (χ1n) is 6.27. The third-order valence-electron chi connectivity index (χ3n) is 3.38. The van der Waals surface area contributed by atoms with Crippen molar-refractivity contribution in [3.63, 3.8) is 0 Å². The Kier molecular flexibility index (Phi) is 4.77. The third kappa shape index (κ3) is 3.19. The molecule has 0 spiro atoms. The van der Waals surface area contributed by atoms with Crippen LogP contribution in [0.4, 0.5) is 0 Å². The Morgan fingerprint density at radius 1 is 1.40 bits per heavy atom. The van der Waals surface area contributed by atoms with Crippen LogP contribution < -0.4 is 4.74 Å². The molecule has 0 aromatic heterocycles. The number of carboxylic acid groups (broad SMARTS) is 1. The molecule has 1 fully saturated rings. The maximum absolute atomic E-state index is 11.9. The summed E-state index contributed by atoms with van der Waals surface area (Å²) in [6, 6.07) is 7.21. The molecule has 0 bridgehead atoms. The molecule has 0 saturated carbocycles. The zero-order chi connectivity index (χ0) is 14.6. The minimum atomic E-state index is -1.46. The second-order valence-electron chi connectivity index (χ2n) is 4.67. The number of hydrogen-bond donors (Lipinski definition) is 1. The summed E-state index contributed by atoms with van der Waals surface area (Å²) in [5.74, 6) is -0.782. The lowest BCUT2D eigenvalue weighted by molar-refractivity contribution is -0.165. The van der Waals surface area contributed by atoms with Crippen molar-refractivity contribution in [1.29, 1.82) is 0 Å². The Bertz CT molecular complexity index is 499. The predicted molar refractivity (Wildman–Crippen MR) is 74.8 cm³/mol. The van der Waals surface area contributed by atoms with E-state index in [0.29, 0.717) is 12.4 Å². The molecule has 1 N–H and O–H groups in total. The van der Waals surface area contributed by atoms with Gasteiger partial charge in [0, 0.05) is 17.3 Å². The molecule has 108 valence electrons. The highest BCUT2D eigenvalue weighted by Crippen LogP contribution is 2.30. The van der Waals surface area contributed by atoms with Crippen molar-refractivity contribution in [2.45, 2.75) is 12.8 Å². The fraction of sp³-hybridized carbons (Fsp3) is 0.429. The van der Waals surface area contributed by atoms with Crippen LogP contribution in [0.15, 0.2) is 28.7 Å². The molecule has 20 heavy (non-hydrogen) atoms. The number of rotatable bonds is 5. The van der Waals surface area contributed by atoms with Gasteiger partial charge in [0.05, 0.1) is 19.8 Å². The topological polar surface area (TPSA) is 72.8 Å². The standard InChI is InChI=1S/C14H15BrO5/c15-10-1-3-11(4-2-10)20-8-6-14(13(17)18)9-19-7-5-12(14)16/h1-4H,5-9H2,(H,17,18). The van der Waals surface area contributed by atoms with Gasteiger partial charge in [-0.25, -0.2) is 0 Å². The molecular formula is C14H15BrO5. The molecule has 1 aromatic rings. The summed E-state index contributed by atoms with van der Waals surface area (Å²) in [7, 11) is 0. The molecule has 1 aromatic carbocycles. The van der Waals surface area contributed by atoms with Crippen molar-refractivity contribution in [3.8, 4) is 5.75 Å². The summed E-state index contributed by atoms with van der Waals surface area (Å²) in [5, 5.41) is 9.33. The fourth-order valence-electron chi connectivity index (χ4n) is 2.10. The van der Waals surface area contributed by atoms with Gasteiger partial charge in [0.1, 0.15) is 5.75 Å². The maximum atomic E-state index is 11.9. The SMILES string of the molecule is O=C(O)C1(CCOc2ccc(Br)cc2)COCCC1=O. The van der Waals surface area contributed by atoms with E-state index in [1.165, 1.54) is 0 Å². The zero-order valence-corrected chi connectivity index (χ0v) is 12.4. The van der Waals surface area contributed by atoms with Crippen molar-refractivity contribution < 1.29 is 24.2 Å². The van der Waals surface area contributed by atoms with Crippen LogP contribution in [0.2, 0.25) is 0 Å². The number of Topliss-reactive ketones (excluding diaryl/α,β-unsaturated/α-hetero) is 1. The number of ether oxygens (including phenoxy) is 2. The fourth-order valence-corrected chi connectivity index (χ4v) is 2.37. The summed E-state index contributed by atoms with van der Waals surface area (Å²) in [6.07, 6.45) is 0.252. The zero-order valence-electron chi connectivity index (χ0n) is 10.8. The van der Waals surface area contributed by atoms with Crippen LogP contribution in [0, 0.1) is 5.41 Å². The Hall–Kier alpha value is -1.40. The minimum Gasteiger partial charge on any atom is -0.494 e. The van der Waals surface area contributed by atoms with Crippen LogP contribution in [0.5, 0.6) is 5.75 Å². The van der Waals surface area contributed by atoms with Crippen LogP contribution >= 0.6 is 15.9 Å². The van der Waals surface area contributed by atoms with Crippen molar-refractivity contribution in [1.82, 2.24) is 0 Å². The van der Waals surface area contributed by atoms with E-state index in [1.54, 1.807) is 12.1 Å². The quantitative estimate of drug-likeness (QED) is 0.831. The molecule has 1 unspecified atom stereocenters. The van der Waals surface area contributed by atoms with E-state index in [9.17, 15) is 14.7 Å². The van der Waals surface area contributed by atoms with Gasteiger partial charge in [-0.2, -0.15) is 0 Å². The van der Waals surface area contributed by atoms with Crippen molar-refractivity contribution >= 4 is 27.7 Å². The van der Waals surface area contributed by atoms with Gasteiger partial charge >= 0.3 is 5.97 Å². The molecule has 1 saturated heterocycles. The van der Waals surface area contributed by atoms with Crippen LogP contribution in [0.25, 0.3) is 0 Å². The summed E-state index contributed by atoms with van der Waals surface area (Å²) in [4.78, 5) is 23.3. The molecule has 1 atom stereocenters. The van der Waals surface area contributed by atoms with E-state index in [0.717, 1.165) is 4.47 Å². The van der Waals surface area contributed by atoms with Crippen molar-refractivity contribution in [2.75, 3.05) is 19.8 Å². The van der Waals surface area contributed by atoms with Gasteiger partial charge < -0.3 is 14.6 Å². The number of aliphatic carboxylic acids is 1. The second-order valence-corrected chi connectivity index (χ2v) is 5.58. The first-order chi connectivity index (χ1) is 9.54. The Morgan fingerprint density at radius 3 is 2.70 bits per heavy atom. The minimum absolute atomic E-state index is 0.0785. The second kappa shape index (κ2) is 6.37. The highest BCUT2D eigenvalue weighted by Gasteiger charge is 2.47. The summed E-state index contributed by atoms with van der Waals surface area (Å²) < 4.78 is 11.6. The summed E-state index contributed by atoms with van der Waals surface area (Å²) in [5.41, 5.74) is -1.46. The maximum Gasteiger partial charge on any atom is 0.319 e. The highest BCUT2D eigenvalue weighted by molar-refractivity contribution is 9.10. The number of hydrogen-bond acceptors (Lipinski definition) is 4.